The van der Waals surface area contributed by atoms with Gasteiger partial charge in [-0.15, -0.1) is 11.6 Å². The van der Waals surface area contributed by atoms with E-state index >= 15 is 0 Å². The third-order valence-corrected chi connectivity index (χ3v) is 3.52. The van der Waals surface area contributed by atoms with E-state index < -0.39 is 23.7 Å². The zero-order chi connectivity index (χ0) is 19.6. The number of alkyl halides is 1. The number of aryl methyl sites for hydroxylation is 1. The second-order valence-corrected chi connectivity index (χ2v) is 6.88. The normalized spacial score (nSPS) is 19.1. The van der Waals surface area contributed by atoms with Crippen LogP contribution in [-0.4, -0.2) is 46.6 Å². The molecule has 1 fully saturated rings. The Hall–Kier alpha value is -1.75. The number of carbonyl (C=O) groups is 2. The minimum atomic E-state index is -0.962. The number of likely N-dealkylation sites (tertiary alicyclic amines) is 1. The number of carbonyl (C=O) groups excluding carboxylic acids is 1. The highest BCUT2D eigenvalue weighted by Gasteiger charge is 2.41. The van der Waals surface area contributed by atoms with E-state index in [0.29, 0.717) is 13.0 Å². The molecule has 0 bridgehead atoms. The van der Waals surface area contributed by atoms with Crippen LogP contribution < -0.4 is 0 Å². The summed E-state index contributed by atoms with van der Waals surface area (Å²) in [5.74, 6) is -0.985. The Labute approximate surface area is 155 Å². The van der Waals surface area contributed by atoms with Crippen molar-refractivity contribution < 1.29 is 19.4 Å². The zero-order valence-electron chi connectivity index (χ0n) is 16.0. The lowest BCUT2D eigenvalue weighted by Crippen LogP contribution is -2.45. The molecule has 0 spiro atoms. The van der Waals surface area contributed by atoms with Crippen LogP contribution in [-0.2, 0) is 9.53 Å². The Kier molecular flexibility index (Phi) is 10.2. The van der Waals surface area contributed by atoms with Crippen LogP contribution >= 0.6 is 11.6 Å². The van der Waals surface area contributed by atoms with Crippen LogP contribution in [0.25, 0.3) is 0 Å². The van der Waals surface area contributed by atoms with Crippen molar-refractivity contribution in [1.82, 2.24) is 4.90 Å². The molecule has 1 heterocycles. The third-order valence-electron chi connectivity index (χ3n) is 3.52. The predicted molar refractivity (Wildman–Crippen MR) is 101 cm³/mol. The van der Waals surface area contributed by atoms with Crippen LogP contribution in [0.5, 0.6) is 0 Å². The van der Waals surface area contributed by atoms with Gasteiger partial charge < -0.3 is 9.84 Å². The van der Waals surface area contributed by atoms with E-state index in [4.69, 9.17) is 9.84 Å². The largest absolute Gasteiger partial charge is 0.480 e. The van der Waals surface area contributed by atoms with Gasteiger partial charge in [-0.25, -0.2) is 9.59 Å². The average molecular weight is 372 g/mol. The van der Waals surface area contributed by atoms with E-state index in [9.17, 15) is 9.59 Å². The van der Waals surface area contributed by atoms with E-state index in [2.05, 4.69) is 30.7 Å². The molecule has 1 saturated heterocycles. The molecule has 142 valence electrons. The van der Waals surface area contributed by atoms with Gasteiger partial charge in [0.2, 0.25) is 0 Å². The second kappa shape index (κ2) is 11.0. The van der Waals surface area contributed by atoms with Gasteiger partial charge in [-0.3, -0.25) is 4.90 Å². The molecule has 0 aliphatic carbocycles. The standard InChI is InChI=1S/C11H19NO4.C7H8.CH3Cl/c1-7-5-6-12(8(7)9(13)14)10(15)16-11(2,3)4;1-7-5-3-2-4-6-7;1-2/h7-8H,5-6H2,1-4H3,(H,13,14);2-6H,1H3;1H3. The number of halogens is 1. The van der Waals surface area contributed by atoms with Crippen molar-refractivity contribution in [3.05, 3.63) is 35.9 Å². The van der Waals surface area contributed by atoms with Crippen LogP contribution in [0.2, 0.25) is 0 Å². The number of aliphatic carboxylic acids is 1. The summed E-state index contributed by atoms with van der Waals surface area (Å²) in [5, 5.41) is 9.05. The molecule has 1 aromatic rings. The fraction of sp³-hybridized carbons (Fsp3) is 0.579. The Balaban J connectivity index is 0.000000530. The quantitative estimate of drug-likeness (QED) is 0.734. The van der Waals surface area contributed by atoms with E-state index in [1.807, 2.05) is 25.1 Å². The molecule has 1 aliphatic rings. The molecular formula is C19H30ClNO4. The second-order valence-electron chi connectivity index (χ2n) is 6.88. The minimum Gasteiger partial charge on any atom is -0.480 e. The fourth-order valence-electron chi connectivity index (χ4n) is 2.38. The van der Waals surface area contributed by atoms with Gasteiger partial charge in [-0.05, 0) is 40.0 Å². The molecule has 1 aliphatic heterocycles. The summed E-state index contributed by atoms with van der Waals surface area (Å²) in [6.45, 7) is 9.66. The van der Waals surface area contributed by atoms with Crippen molar-refractivity contribution >= 4 is 23.7 Å². The van der Waals surface area contributed by atoms with E-state index in [-0.39, 0.29) is 5.92 Å². The highest BCUT2D eigenvalue weighted by Crippen LogP contribution is 2.26. The van der Waals surface area contributed by atoms with Crippen molar-refractivity contribution in [2.75, 3.05) is 12.9 Å². The lowest BCUT2D eigenvalue weighted by atomic mass is 10.0. The molecule has 1 aromatic carbocycles. The maximum absolute atomic E-state index is 11.8. The van der Waals surface area contributed by atoms with Gasteiger partial charge in [-0.2, -0.15) is 0 Å². The number of carboxylic acid groups (broad SMARTS) is 1. The molecule has 25 heavy (non-hydrogen) atoms. The summed E-state index contributed by atoms with van der Waals surface area (Å²) in [6.07, 6.45) is 1.64. The number of hydrogen-bond acceptors (Lipinski definition) is 3. The number of benzene rings is 1. The lowest BCUT2D eigenvalue weighted by Gasteiger charge is -2.27. The van der Waals surface area contributed by atoms with Gasteiger partial charge in [0.1, 0.15) is 11.6 Å². The fourth-order valence-corrected chi connectivity index (χ4v) is 2.38. The summed E-state index contributed by atoms with van der Waals surface area (Å²) < 4.78 is 5.17. The maximum Gasteiger partial charge on any atom is 0.411 e. The molecule has 0 radical (unpaired) electrons. The summed E-state index contributed by atoms with van der Waals surface area (Å²) in [4.78, 5) is 24.1. The van der Waals surface area contributed by atoms with Gasteiger partial charge in [0.05, 0.1) is 0 Å². The van der Waals surface area contributed by atoms with Crippen molar-refractivity contribution in [3.8, 4) is 0 Å². The van der Waals surface area contributed by atoms with Crippen LogP contribution in [0.1, 0.15) is 39.7 Å². The smallest absolute Gasteiger partial charge is 0.411 e. The highest BCUT2D eigenvalue weighted by molar-refractivity contribution is 6.15. The summed E-state index contributed by atoms with van der Waals surface area (Å²) in [7, 11) is 0. The SMILES string of the molecule is CC1CCN(C(=O)OC(C)(C)C)C1C(=O)O.CCl.Cc1ccccc1. The van der Waals surface area contributed by atoms with Crippen LogP contribution in [0.3, 0.4) is 0 Å². The van der Waals surface area contributed by atoms with E-state index in [1.54, 1.807) is 20.8 Å². The molecule has 2 rings (SSSR count). The van der Waals surface area contributed by atoms with Gasteiger partial charge in [0, 0.05) is 12.9 Å². The predicted octanol–water partition coefficient (Wildman–Crippen LogP) is 4.57. The zero-order valence-corrected chi connectivity index (χ0v) is 16.7. The van der Waals surface area contributed by atoms with Crippen LogP contribution in [0.4, 0.5) is 4.79 Å². The molecule has 6 heteroatoms. The van der Waals surface area contributed by atoms with E-state index in [1.165, 1.54) is 16.8 Å². The van der Waals surface area contributed by atoms with E-state index in [0.717, 1.165) is 0 Å². The van der Waals surface area contributed by atoms with Gasteiger partial charge >= 0.3 is 12.1 Å². The number of amides is 1. The molecule has 2 atom stereocenters. The maximum atomic E-state index is 11.8. The van der Waals surface area contributed by atoms with Crippen molar-refractivity contribution in [3.63, 3.8) is 0 Å². The monoisotopic (exact) mass is 371 g/mol. The van der Waals surface area contributed by atoms with Gasteiger partial charge in [0.15, 0.2) is 0 Å². The first kappa shape index (κ1) is 23.2. The Morgan fingerprint density at radius 1 is 1.20 bits per heavy atom. The van der Waals surface area contributed by atoms with Crippen molar-refractivity contribution in [2.24, 2.45) is 5.92 Å². The molecular weight excluding hydrogens is 342 g/mol. The molecule has 1 N–H and O–H groups in total. The first-order valence-electron chi connectivity index (χ1n) is 8.23. The first-order chi connectivity index (χ1) is 11.6. The topological polar surface area (TPSA) is 66.8 Å². The molecule has 0 aromatic heterocycles. The Bertz CT molecular complexity index is 528. The summed E-state index contributed by atoms with van der Waals surface area (Å²) >= 11 is 4.64. The number of carboxylic acids is 1. The molecule has 2 unspecified atom stereocenters. The number of hydrogen-bond donors (Lipinski definition) is 1. The highest BCUT2D eigenvalue weighted by atomic mass is 35.5. The summed E-state index contributed by atoms with van der Waals surface area (Å²) in [6, 6.07) is 9.51. The Morgan fingerprint density at radius 3 is 2.08 bits per heavy atom. The van der Waals surface area contributed by atoms with Crippen molar-refractivity contribution in [1.29, 1.82) is 0 Å². The van der Waals surface area contributed by atoms with Crippen LogP contribution in [0, 0.1) is 12.8 Å². The van der Waals surface area contributed by atoms with Gasteiger partial charge in [0.25, 0.3) is 0 Å². The lowest BCUT2D eigenvalue weighted by molar-refractivity contribution is -0.143. The Morgan fingerprint density at radius 2 is 1.72 bits per heavy atom. The van der Waals surface area contributed by atoms with Gasteiger partial charge in [-0.1, -0.05) is 42.8 Å². The van der Waals surface area contributed by atoms with Crippen molar-refractivity contribution in [2.45, 2.75) is 52.7 Å². The molecule has 0 saturated carbocycles. The molecule has 1 amide bonds. The number of nitrogens with zero attached hydrogens (tertiary/aromatic N) is 1. The number of ether oxygens (including phenoxy) is 1. The van der Waals surface area contributed by atoms with Crippen LogP contribution in [0.15, 0.2) is 30.3 Å². The average Bonchev–Trinajstić information content (AvgIpc) is 2.91. The third kappa shape index (κ3) is 8.77. The molecule has 5 nitrogen and oxygen atoms in total. The number of rotatable bonds is 1. The first-order valence-corrected chi connectivity index (χ1v) is 8.99. The summed E-state index contributed by atoms with van der Waals surface area (Å²) in [5.41, 5.74) is 0.730. The minimum absolute atomic E-state index is 0.0231.